The first-order chi connectivity index (χ1) is 13.1. The predicted octanol–water partition coefficient (Wildman–Crippen LogP) is 3.92. The van der Waals surface area contributed by atoms with Crippen molar-refractivity contribution in [2.24, 2.45) is 0 Å². The van der Waals surface area contributed by atoms with E-state index in [4.69, 9.17) is 5.21 Å². The van der Waals surface area contributed by atoms with E-state index in [0.717, 1.165) is 47.5 Å². The van der Waals surface area contributed by atoms with Gasteiger partial charge in [-0.15, -0.1) is 0 Å². The lowest BCUT2D eigenvalue weighted by atomic mass is 10.1. The molecule has 0 aliphatic rings. The van der Waals surface area contributed by atoms with Crippen LogP contribution in [0.15, 0.2) is 48.5 Å². The van der Waals surface area contributed by atoms with Crippen LogP contribution < -0.4 is 10.4 Å². The van der Waals surface area contributed by atoms with Crippen molar-refractivity contribution in [1.82, 2.24) is 15.4 Å². The zero-order valence-corrected chi connectivity index (χ0v) is 15.6. The van der Waals surface area contributed by atoms with E-state index in [2.05, 4.69) is 39.1 Å². The summed E-state index contributed by atoms with van der Waals surface area (Å²) < 4.78 is 0. The molecular weight excluding hydrogens is 340 g/mol. The first-order valence-corrected chi connectivity index (χ1v) is 9.07. The molecule has 0 saturated carbocycles. The van der Waals surface area contributed by atoms with Gasteiger partial charge in [0.15, 0.2) is 0 Å². The first-order valence-electron chi connectivity index (χ1n) is 9.07. The van der Waals surface area contributed by atoms with Crippen LogP contribution in [0.2, 0.25) is 0 Å². The third-order valence-electron chi connectivity index (χ3n) is 4.58. The number of aromatic nitrogens is 2. The first kappa shape index (κ1) is 18.8. The normalized spacial score (nSPS) is 10.8. The largest absolute Gasteiger partial charge is 0.329 e. The number of hydrogen-bond donors (Lipinski definition) is 2. The average Bonchev–Trinajstić information content (AvgIpc) is 2.70. The van der Waals surface area contributed by atoms with Gasteiger partial charge in [-0.25, -0.2) is 15.4 Å². The van der Waals surface area contributed by atoms with Crippen molar-refractivity contribution in [3.63, 3.8) is 0 Å². The monoisotopic (exact) mass is 364 g/mol. The number of para-hydroxylation sites is 1. The van der Waals surface area contributed by atoms with E-state index in [0.29, 0.717) is 6.42 Å². The van der Waals surface area contributed by atoms with E-state index in [1.807, 2.05) is 38.2 Å². The maximum atomic E-state index is 11.0. The van der Waals surface area contributed by atoms with E-state index in [1.165, 1.54) is 5.56 Å². The number of nitrogens with zero attached hydrogens (tertiary/aromatic N) is 3. The topological polar surface area (TPSA) is 78.4 Å². The van der Waals surface area contributed by atoms with Gasteiger partial charge in [0.05, 0.1) is 5.52 Å². The van der Waals surface area contributed by atoms with Crippen molar-refractivity contribution in [2.45, 2.75) is 32.6 Å². The minimum absolute atomic E-state index is 0.334. The summed E-state index contributed by atoms with van der Waals surface area (Å²) in [6.07, 6.45) is 2.90. The van der Waals surface area contributed by atoms with Crippen LogP contribution in [0.25, 0.3) is 10.9 Å². The van der Waals surface area contributed by atoms with Crippen LogP contribution >= 0.6 is 0 Å². The van der Waals surface area contributed by atoms with E-state index < -0.39 is 0 Å². The minimum Gasteiger partial charge on any atom is -0.329 e. The fraction of sp³-hybridized carbons (Fsp3) is 0.286. The number of carbonyl (C=O) groups is 1. The number of rotatable bonds is 7. The molecule has 0 unspecified atom stereocenters. The lowest BCUT2D eigenvalue weighted by Crippen LogP contribution is -2.17. The van der Waals surface area contributed by atoms with E-state index in [1.54, 1.807) is 5.48 Å². The van der Waals surface area contributed by atoms with Crippen LogP contribution in [0, 0.1) is 6.92 Å². The summed E-state index contributed by atoms with van der Waals surface area (Å²) in [6, 6.07) is 16.4. The Morgan fingerprint density at radius 1 is 1.07 bits per heavy atom. The lowest BCUT2D eigenvalue weighted by Gasteiger charge is -2.20. The van der Waals surface area contributed by atoms with Crippen molar-refractivity contribution < 1.29 is 10.0 Å². The highest BCUT2D eigenvalue weighted by Gasteiger charge is 2.11. The van der Waals surface area contributed by atoms with Gasteiger partial charge < -0.3 is 4.90 Å². The van der Waals surface area contributed by atoms with Crippen LogP contribution in [0.3, 0.4) is 0 Å². The Bertz CT molecular complexity index is 925. The molecule has 140 valence electrons. The highest BCUT2D eigenvalue weighted by atomic mass is 16.5. The summed E-state index contributed by atoms with van der Waals surface area (Å²) in [6.45, 7) is 1.91. The molecule has 0 radical (unpaired) electrons. The predicted molar refractivity (Wildman–Crippen MR) is 106 cm³/mol. The second kappa shape index (κ2) is 8.60. The van der Waals surface area contributed by atoms with E-state index in [-0.39, 0.29) is 5.91 Å². The lowest BCUT2D eigenvalue weighted by molar-refractivity contribution is -0.129. The zero-order chi connectivity index (χ0) is 19.2. The fourth-order valence-electron chi connectivity index (χ4n) is 3.11. The fourth-order valence-corrected chi connectivity index (χ4v) is 3.11. The maximum Gasteiger partial charge on any atom is 0.243 e. The molecule has 0 aliphatic heterocycles. The van der Waals surface area contributed by atoms with Crippen molar-refractivity contribution in [1.29, 1.82) is 0 Å². The molecule has 3 rings (SSSR count). The molecule has 2 aromatic carbocycles. The van der Waals surface area contributed by atoms with E-state index in [9.17, 15) is 4.79 Å². The Morgan fingerprint density at radius 2 is 1.81 bits per heavy atom. The number of carbonyl (C=O) groups excluding carboxylic acids is 1. The van der Waals surface area contributed by atoms with Crippen LogP contribution in [-0.2, 0) is 11.2 Å². The van der Waals surface area contributed by atoms with Crippen molar-refractivity contribution in [3.8, 4) is 0 Å². The molecule has 1 aromatic heterocycles. The van der Waals surface area contributed by atoms with Gasteiger partial charge in [-0.2, -0.15) is 0 Å². The highest BCUT2D eigenvalue weighted by molar-refractivity contribution is 5.91. The van der Waals surface area contributed by atoms with Gasteiger partial charge in [0.1, 0.15) is 11.6 Å². The molecule has 6 nitrogen and oxygen atoms in total. The molecular formula is C21H24N4O2. The molecule has 6 heteroatoms. The van der Waals surface area contributed by atoms with Gasteiger partial charge in [0.2, 0.25) is 5.91 Å². The number of fused-ring (bicyclic) bond motifs is 1. The Morgan fingerprint density at radius 3 is 2.56 bits per heavy atom. The third-order valence-corrected chi connectivity index (χ3v) is 4.58. The number of aryl methyl sites for hydroxylation is 2. The zero-order valence-electron chi connectivity index (χ0n) is 15.6. The van der Waals surface area contributed by atoms with Gasteiger partial charge in [0.25, 0.3) is 0 Å². The summed E-state index contributed by atoms with van der Waals surface area (Å²) in [5.41, 5.74) is 4.88. The smallest absolute Gasteiger partial charge is 0.243 e. The molecule has 3 aromatic rings. The number of anilines is 2. The van der Waals surface area contributed by atoms with Gasteiger partial charge in [-0.1, -0.05) is 24.3 Å². The summed E-state index contributed by atoms with van der Waals surface area (Å²) in [5.74, 6) is 1.30. The second-order valence-corrected chi connectivity index (χ2v) is 6.58. The highest BCUT2D eigenvalue weighted by Crippen LogP contribution is 2.28. The van der Waals surface area contributed by atoms with Gasteiger partial charge in [0, 0.05) is 24.5 Å². The summed E-state index contributed by atoms with van der Waals surface area (Å²) in [7, 11) is 2.01. The van der Waals surface area contributed by atoms with Crippen LogP contribution in [0.1, 0.15) is 30.7 Å². The number of hydrogen-bond acceptors (Lipinski definition) is 5. The molecule has 0 fully saturated rings. The Hall–Kier alpha value is -2.99. The number of nitrogens with one attached hydrogen (secondary N) is 1. The van der Waals surface area contributed by atoms with Gasteiger partial charge >= 0.3 is 0 Å². The summed E-state index contributed by atoms with van der Waals surface area (Å²) >= 11 is 0. The minimum atomic E-state index is -0.334. The molecule has 0 spiro atoms. The van der Waals surface area contributed by atoms with Crippen LogP contribution in [-0.4, -0.2) is 28.1 Å². The van der Waals surface area contributed by atoms with Crippen molar-refractivity contribution in [3.05, 3.63) is 59.9 Å². The van der Waals surface area contributed by atoms with Crippen LogP contribution in [0.4, 0.5) is 11.5 Å². The Kier molecular flexibility index (Phi) is 5.98. The number of unbranched alkanes of at least 4 members (excludes halogenated alkanes) is 1. The molecule has 0 aliphatic carbocycles. The number of amides is 1. The third kappa shape index (κ3) is 4.60. The van der Waals surface area contributed by atoms with Gasteiger partial charge in [-0.05, 0) is 56.0 Å². The molecule has 1 heterocycles. The standard InChI is InChI=1S/C21H24N4O2/c1-15-22-19-9-5-4-8-18(19)21(23-15)25(2)17-13-11-16(12-14-17)7-3-6-10-20(26)24-27/h4-5,8-9,11-14,27H,3,6-7,10H2,1-2H3,(H,24,26). The van der Waals surface area contributed by atoms with Crippen molar-refractivity contribution in [2.75, 3.05) is 11.9 Å². The number of hydroxylamine groups is 1. The second-order valence-electron chi connectivity index (χ2n) is 6.58. The molecule has 0 saturated heterocycles. The van der Waals surface area contributed by atoms with E-state index >= 15 is 0 Å². The van der Waals surface area contributed by atoms with Crippen molar-refractivity contribution >= 4 is 28.3 Å². The summed E-state index contributed by atoms with van der Waals surface area (Å²) in [5, 5.41) is 9.52. The average molecular weight is 364 g/mol. The molecule has 1 amide bonds. The Labute approximate surface area is 158 Å². The SMILES string of the molecule is Cc1nc(N(C)c2ccc(CCCCC(=O)NO)cc2)c2ccccc2n1. The number of benzene rings is 2. The van der Waals surface area contributed by atoms with Gasteiger partial charge in [-0.3, -0.25) is 10.0 Å². The molecule has 0 atom stereocenters. The summed E-state index contributed by atoms with van der Waals surface area (Å²) in [4.78, 5) is 22.2. The maximum absolute atomic E-state index is 11.0. The van der Waals surface area contributed by atoms with Crippen LogP contribution in [0.5, 0.6) is 0 Å². The quantitative estimate of drug-likeness (QED) is 0.377. The Balaban J connectivity index is 1.71. The molecule has 2 N–H and O–H groups in total. The molecule has 27 heavy (non-hydrogen) atoms. The molecule has 0 bridgehead atoms.